The lowest BCUT2D eigenvalue weighted by Gasteiger charge is -2.05. The number of sulfonamides is 1. The van der Waals surface area contributed by atoms with Crippen LogP contribution in [0, 0.1) is 15.9 Å². The monoisotopic (exact) mass is 316 g/mol. The highest BCUT2D eigenvalue weighted by Crippen LogP contribution is 2.21. The van der Waals surface area contributed by atoms with Gasteiger partial charge in [-0.2, -0.15) is 4.39 Å². The van der Waals surface area contributed by atoms with E-state index in [0.717, 1.165) is 17.0 Å². The highest BCUT2D eigenvalue weighted by molar-refractivity contribution is 7.89. The smallest absolute Gasteiger partial charge is 0.258 e. The molecule has 2 rings (SSSR count). The highest BCUT2D eigenvalue weighted by Gasteiger charge is 2.21. The van der Waals surface area contributed by atoms with Gasteiger partial charge in [0.1, 0.15) is 0 Å². The van der Waals surface area contributed by atoms with Gasteiger partial charge >= 0.3 is 5.69 Å². The van der Waals surface area contributed by atoms with Crippen molar-refractivity contribution >= 4 is 27.0 Å². The van der Waals surface area contributed by atoms with Crippen molar-refractivity contribution < 1.29 is 17.7 Å². The zero-order valence-electron chi connectivity index (χ0n) is 9.95. The molecule has 106 valence electrons. The first kappa shape index (κ1) is 14.6. The first-order valence-electron chi connectivity index (χ1n) is 5.36. The zero-order chi connectivity index (χ0) is 14.8. The molecule has 0 aliphatic carbocycles. The third kappa shape index (κ3) is 3.18. The summed E-state index contributed by atoms with van der Waals surface area (Å²) < 4.78 is 39.4. The minimum atomic E-state index is -3.92. The Labute approximate surface area is 118 Å². The van der Waals surface area contributed by atoms with E-state index in [-0.39, 0.29) is 11.4 Å². The van der Waals surface area contributed by atoms with Gasteiger partial charge in [-0.05, 0) is 23.6 Å². The molecular weight excluding hydrogens is 307 g/mol. The standard InChI is InChI=1S/C11H9FN2O4S2/c12-10-4-3-9(6-11(10)14(15)16)20(17,18)13-7-8-2-1-5-19-8/h1-6,13H,7H2. The minimum Gasteiger partial charge on any atom is -0.258 e. The summed E-state index contributed by atoms with van der Waals surface area (Å²) in [5, 5.41) is 12.4. The third-order valence-corrected chi connectivity index (χ3v) is 4.72. The van der Waals surface area contributed by atoms with Gasteiger partial charge in [-0.15, -0.1) is 11.3 Å². The maximum atomic E-state index is 13.2. The van der Waals surface area contributed by atoms with E-state index in [1.165, 1.54) is 11.3 Å². The van der Waals surface area contributed by atoms with Crippen LogP contribution in [0.4, 0.5) is 10.1 Å². The Balaban J connectivity index is 2.25. The molecule has 0 amide bonds. The summed E-state index contributed by atoms with van der Waals surface area (Å²) in [4.78, 5) is 10.1. The molecule has 0 atom stereocenters. The fourth-order valence-electron chi connectivity index (χ4n) is 1.46. The van der Waals surface area contributed by atoms with E-state index in [1.54, 1.807) is 17.5 Å². The van der Waals surface area contributed by atoms with Gasteiger partial charge in [0.25, 0.3) is 0 Å². The molecule has 0 radical (unpaired) electrons. The van der Waals surface area contributed by atoms with Gasteiger partial charge in [0, 0.05) is 17.5 Å². The summed E-state index contributed by atoms with van der Waals surface area (Å²) in [6.45, 7) is 0.0746. The van der Waals surface area contributed by atoms with Gasteiger partial charge in [0.05, 0.1) is 9.82 Å². The lowest BCUT2D eigenvalue weighted by atomic mass is 10.3. The number of halogens is 1. The van der Waals surface area contributed by atoms with E-state index in [9.17, 15) is 22.9 Å². The number of nitrogens with zero attached hydrogens (tertiary/aromatic N) is 1. The number of nitrogens with one attached hydrogen (secondary N) is 1. The van der Waals surface area contributed by atoms with E-state index in [0.29, 0.717) is 6.07 Å². The van der Waals surface area contributed by atoms with Crippen molar-refractivity contribution in [2.45, 2.75) is 11.4 Å². The predicted octanol–water partition coefficient (Wildman–Crippen LogP) is 2.27. The average molecular weight is 316 g/mol. The molecule has 9 heteroatoms. The van der Waals surface area contributed by atoms with E-state index in [2.05, 4.69) is 4.72 Å². The van der Waals surface area contributed by atoms with Gasteiger partial charge in [-0.25, -0.2) is 13.1 Å². The van der Waals surface area contributed by atoms with Crippen LogP contribution in [0.25, 0.3) is 0 Å². The molecule has 0 fully saturated rings. The van der Waals surface area contributed by atoms with Crippen LogP contribution in [-0.4, -0.2) is 13.3 Å². The number of nitro benzene ring substituents is 1. The number of hydrogen-bond donors (Lipinski definition) is 1. The Morgan fingerprint density at radius 1 is 1.35 bits per heavy atom. The third-order valence-electron chi connectivity index (χ3n) is 2.44. The van der Waals surface area contributed by atoms with Gasteiger partial charge < -0.3 is 0 Å². The van der Waals surface area contributed by atoms with E-state index in [1.807, 2.05) is 0 Å². The SMILES string of the molecule is O=[N+]([O-])c1cc(S(=O)(=O)NCc2cccs2)ccc1F. The van der Waals surface area contributed by atoms with Crippen LogP contribution >= 0.6 is 11.3 Å². The molecule has 0 bridgehead atoms. The summed E-state index contributed by atoms with van der Waals surface area (Å²) in [5.41, 5.74) is -0.871. The minimum absolute atomic E-state index is 0.0746. The van der Waals surface area contributed by atoms with Crippen LogP contribution in [0.5, 0.6) is 0 Å². The summed E-state index contributed by atoms with van der Waals surface area (Å²) in [6.07, 6.45) is 0. The van der Waals surface area contributed by atoms with Crippen molar-refractivity contribution in [1.82, 2.24) is 4.72 Å². The molecule has 0 aliphatic rings. The molecule has 2 aromatic rings. The lowest BCUT2D eigenvalue weighted by Crippen LogP contribution is -2.23. The molecule has 1 heterocycles. The van der Waals surface area contributed by atoms with Crippen molar-refractivity contribution in [3.05, 3.63) is 56.5 Å². The quantitative estimate of drug-likeness (QED) is 0.677. The summed E-state index contributed by atoms with van der Waals surface area (Å²) in [6, 6.07) is 5.97. The Kier molecular flexibility index (Phi) is 4.12. The van der Waals surface area contributed by atoms with Crippen LogP contribution in [0.15, 0.2) is 40.6 Å². The van der Waals surface area contributed by atoms with Crippen molar-refractivity contribution in [3.8, 4) is 0 Å². The topological polar surface area (TPSA) is 89.3 Å². The van der Waals surface area contributed by atoms with Crippen LogP contribution in [0.1, 0.15) is 4.88 Å². The molecule has 0 saturated heterocycles. The molecule has 0 saturated carbocycles. The molecule has 0 spiro atoms. The van der Waals surface area contributed by atoms with Crippen LogP contribution in [0.2, 0.25) is 0 Å². The maximum absolute atomic E-state index is 13.2. The molecule has 6 nitrogen and oxygen atoms in total. The van der Waals surface area contributed by atoms with E-state index < -0.39 is 26.5 Å². The van der Waals surface area contributed by atoms with Gasteiger partial charge in [-0.1, -0.05) is 6.07 Å². The fourth-order valence-corrected chi connectivity index (χ4v) is 3.22. The highest BCUT2D eigenvalue weighted by atomic mass is 32.2. The van der Waals surface area contributed by atoms with E-state index >= 15 is 0 Å². The predicted molar refractivity (Wildman–Crippen MR) is 71.4 cm³/mol. The molecule has 0 unspecified atom stereocenters. The lowest BCUT2D eigenvalue weighted by molar-refractivity contribution is -0.387. The largest absolute Gasteiger partial charge is 0.306 e. The molecular formula is C11H9FN2O4S2. The molecule has 0 aliphatic heterocycles. The second-order valence-electron chi connectivity index (χ2n) is 3.77. The van der Waals surface area contributed by atoms with Crippen molar-refractivity contribution in [2.24, 2.45) is 0 Å². The second kappa shape index (κ2) is 5.65. The number of rotatable bonds is 5. The number of benzene rings is 1. The first-order valence-corrected chi connectivity index (χ1v) is 7.72. The number of hydrogen-bond acceptors (Lipinski definition) is 5. The van der Waals surface area contributed by atoms with E-state index in [4.69, 9.17) is 0 Å². The van der Waals surface area contributed by atoms with Crippen molar-refractivity contribution in [3.63, 3.8) is 0 Å². The zero-order valence-corrected chi connectivity index (χ0v) is 11.6. The summed E-state index contributed by atoms with van der Waals surface area (Å²) in [5.74, 6) is -1.08. The fraction of sp³-hybridized carbons (Fsp3) is 0.0909. The van der Waals surface area contributed by atoms with Crippen LogP contribution < -0.4 is 4.72 Å². The Morgan fingerprint density at radius 2 is 2.10 bits per heavy atom. The number of thiophene rings is 1. The molecule has 20 heavy (non-hydrogen) atoms. The maximum Gasteiger partial charge on any atom is 0.306 e. The van der Waals surface area contributed by atoms with Crippen molar-refractivity contribution in [2.75, 3.05) is 0 Å². The van der Waals surface area contributed by atoms with Gasteiger partial charge in [0.2, 0.25) is 15.8 Å². The van der Waals surface area contributed by atoms with Crippen LogP contribution in [0.3, 0.4) is 0 Å². The summed E-state index contributed by atoms with van der Waals surface area (Å²) in [7, 11) is -3.92. The molecule has 1 aromatic heterocycles. The Hall–Kier alpha value is -1.84. The van der Waals surface area contributed by atoms with Crippen molar-refractivity contribution in [1.29, 1.82) is 0 Å². The first-order chi connectivity index (χ1) is 9.40. The molecule has 1 N–H and O–H groups in total. The van der Waals surface area contributed by atoms with Gasteiger partial charge in [0.15, 0.2) is 0 Å². The second-order valence-corrected chi connectivity index (χ2v) is 6.57. The van der Waals surface area contributed by atoms with Crippen LogP contribution in [-0.2, 0) is 16.6 Å². The van der Waals surface area contributed by atoms with Gasteiger partial charge in [-0.3, -0.25) is 10.1 Å². The normalized spacial score (nSPS) is 11.4. The Bertz CT molecular complexity index is 729. The number of nitro groups is 1. The average Bonchev–Trinajstić information content (AvgIpc) is 2.89. The Morgan fingerprint density at radius 3 is 2.70 bits per heavy atom. The molecule has 1 aromatic carbocycles. The summed E-state index contributed by atoms with van der Waals surface area (Å²) >= 11 is 1.37.